The minimum Gasteiger partial charge on any atom is -0.493 e. The number of benzene rings is 3. The van der Waals surface area contributed by atoms with E-state index in [4.69, 9.17) is 9.47 Å². The molecule has 0 spiro atoms. The number of amides is 2. The van der Waals surface area contributed by atoms with Gasteiger partial charge in [0.2, 0.25) is 11.8 Å². The van der Waals surface area contributed by atoms with Gasteiger partial charge in [0.05, 0.1) is 26.7 Å². The number of carbonyl (C=O) groups excluding carboxylic acids is 2. The molecule has 0 radical (unpaired) electrons. The van der Waals surface area contributed by atoms with E-state index in [1.165, 1.54) is 0 Å². The van der Waals surface area contributed by atoms with Crippen LogP contribution in [0.2, 0.25) is 0 Å². The molecule has 1 aliphatic heterocycles. The summed E-state index contributed by atoms with van der Waals surface area (Å²) in [4.78, 5) is 27.9. The smallest absolute Gasteiger partial charge is 0.244 e. The molecule has 1 N–H and O–H groups in total. The molecule has 2 amide bonds. The van der Waals surface area contributed by atoms with Gasteiger partial charge in [-0.1, -0.05) is 52.3 Å². The predicted octanol–water partition coefficient (Wildman–Crippen LogP) is 4.58. The molecule has 1 aliphatic rings. The second-order valence-corrected chi connectivity index (χ2v) is 8.40. The van der Waals surface area contributed by atoms with E-state index in [-0.39, 0.29) is 24.8 Å². The first kappa shape index (κ1) is 21.9. The van der Waals surface area contributed by atoms with Gasteiger partial charge in [0.1, 0.15) is 6.54 Å². The summed E-state index contributed by atoms with van der Waals surface area (Å²) in [5.74, 6) is 0.765. The first-order valence-electron chi connectivity index (χ1n) is 10.1. The Balaban J connectivity index is 1.75. The number of nitrogens with one attached hydrogen (secondary N) is 1. The fourth-order valence-electron chi connectivity index (χ4n) is 3.97. The summed E-state index contributed by atoms with van der Waals surface area (Å²) in [6.45, 7) is -0.0437. The molecule has 4 rings (SSSR count). The molecular formula is C25H23BrN2O4. The topological polar surface area (TPSA) is 67.9 Å². The lowest BCUT2D eigenvalue weighted by Crippen LogP contribution is -2.39. The SMILES string of the molecule is COc1ccc(CC(=O)N2CC(=O)Nc3ccc(Br)cc3C2c2ccccc2)cc1OC. The van der Waals surface area contributed by atoms with Crippen LogP contribution in [0.5, 0.6) is 11.5 Å². The molecule has 0 aromatic heterocycles. The van der Waals surface area contributed by atoms with Crippen molar-refractivity contribution < 1.29 is 19.1 Å². The van der Waals surface area contributed by atoms with E-state index in [1.807, 2.05) is 54.6 Å². The molecule has 1 unspecified atom stereocenters. The fraction of sp³-hybridized carbons (Fsp3) is 0.200. The number of anilines is 1. The molecule has 0 aliphatic carbocycles. The summed E-state index contributed by atoms with van der Waals surface area (Å²) in [6.07, 6.45) is 0.125. The molecule has 1 atom stereocenters. The van der Waals surface area contributed by atoms with E-state index in [1.54, 1.807) is 31.3 Å². The van der Waals surface area contributed by atoms with E-state index in [0.29, 0.717) is 17.2 Å². The van der Waals surface area contributed by atoms with Gasteiger partial charge in [-0.05, 0) is 41.5 Å². The van der Waals surface area contributed by atoms with Gasteiger partial charge >= 0.3 is 0 Å². The zero-order valence-electron chi connectivity index (χ0n) is 17.8. The highest BCUT2D eigenvalue weighted by atomic mass is 79.9. The highest BCUT2D eigenvalue weighted by Crippen LogP contribution is 2.38. The third-order valence-electron chi connectivity index (χ3n) is 5.45. The normalized spacial score (nSPS) is 15.4. The summed E-state index contributed by atoms with van der Waals surface area (Å²) in [6, 6.07) is 20.4. The van der Waals surface area contributed by atoms with Crippen LogP contribution in [0.15, 0.2) is 71.2 Å². The lowest BCUT2D eigenvalue weighted by atomic mass is 9.95. The lowest BCUT2D eigenvalue weighted by Gasteiger charge is -2.31. The number of hydrogen-bond donors (Lipinski definition) is 1. The summed E-state index contributed by atoms with van der Waals surface area (Å²) < 4.78 is 11.5. The minimum atomic E-state index is -0.407. The molecule has 6 nitrogen and oxygen atoms in total. The van der Waals surface area contributed by atoms with Crippen LogP contribution >= 0.6 is 15.9 Å². The Morgan fingerprint density at radius 1 is 1.03 bits per heavy atom. The van der Waals surface area contributed by atoms with Crippen LogP contribution in [0.4, 0.5) is 5.69 Å². The van der Waals surface area contributed by atoms with Crippen molar-refractivity contribution in [3.05, 3.63) is 87.9 Å². The highest BCUT2D eigenvalue weighted by molar-refractivity contribution is 9.10. The van der Waals surface area contributed by atoms with Gasteiger partial charge in [0, 0.05) is 15.7 Å². The standard InChI is InChI=1S/C25H23BrN2O4/c1-31-21-11-8-16(12-22(21)32-2)13-24(30)28-15-23(29)27-20-10-9-18(26)14-19(20)25(28)17-6-4-3-5-7-17/h3-12,14,25H,13,15H2,1-2H3,(H,27,29). The molecule has 3 aromatic carbocycles. The maximum atomic E-state index is 13.6. The first-order valence-corrected chi connectivity index (χ1v) is 10.9. The zero-order valence-corrected chi connectivity index (χ0v) is 19.4. The summed E-state index contributed by atoms with van der Waals surface area (Å²) in [5, 5.41) is 2.94. The number of carbonyl (C=O) groups is 2. The number of ether oxygens (including phenoxy) is 2. The molecular weight excluding hydrogens is 472 g/mol. The van der Waals surface area contributed by atoms with Crippen molar-refractivity contribution in [1.82, 2.24) is 4.90 Å². The van der Waals surface area contributed by atoms with Crippen molar-refractivity contribution in [3.8, 4) is 11.5 Å². The number of halogens is 1. The van der Waals surface area contributed by atoms with Gasteiger partial charge in [-0.15, -0.1) is 0 Å². The maximum Gasteiger partial charge on any atom is 0.244 e. The Labute approximate surface area is 195 Å². The molecule has 164 valence electrons. The number of rotatable bonds is 5. The molecule has 3 aromatic rings. The number of fused-ring (bicyclic) bond motifs is 1. The molecule has 0 saturated heterocycles. The molecule has 0 saturated carbocycles. The van der Waals surface area contributed by atoms with Crippen LogP contribution < -0.4 is 14.8 Å². The molecule has 7 heteroatoms. The van der Waals surface area contributed by atoms with E-state index in [9.17, 15) is 9.59 Å². The lowest BCUT2D eigenvalue weighted by molar-refractivity contribution is -0.135. The third kappa shape index (κ3) is 4.48. The average molecular weight is 495 g/mol. The second kappa shape index (κ2) is 9.44. The number of hydrogen-bond acceptors (Lipinski definition) is 4. The van der Waals surface area contributed by atoms with Gasteiger partial charge < -0.3 is 19.7 Å². The first-order chi connectivity index (χ1) is 15.5. The van der Waals surface area contributed by atoms with Gasteiger partial charge in [-0.3, -0.25) is 9.59 Å². The highest BCUT2D eigenvalue weighted by Gasteiger charge is 2.33. The summed E-state index contributed by atoms with van der Waals surface area (Å²) in [7, 11) is 3.13. The quantitative estimate of drug-likeness (QED) is 0.563. The third-order valence-corrected chi connectivity index (χ3v) is 5.94. The Kier molecular flexibility index (Phi) is 6.46. The maximum absolute atomic E-state index is 13.6. The van der Waals surface area contributed by atoms with Gasteiger partial charge in [-0.25, -0.2) is 0 Å². The van der Waals surface area contributed by atoms with Crippen molar-refractivity contribution in [2.45, 2.75) is 12.5 Å². The van der Waals surface area contributed by atoms with Crippen molar-refractivity contribution >= 4 is 33.4 Å². The van der Waals surface area contributed by atoms with Crippen LogP contribution in [0, 0.1) is 0 Å². The van der Waals surface area contributed by atoms with Crippen LogP contribution in [0.3, 0.4) is 0 Å². The van der Waals surface area contributed by atoms with E-state index in [0.717, 1.165) is 21.2 Å². The summed E-state index contributed by atoms with van der Waals surface area (Å²) in [5.41, 5.74) is 3.27. The second-order valence-electron chi connectivity index (χ2n) is 7.48. The zero-order chi connectivity index (χ0) is 22.7. The van der Waals surface area contributed by atoms with Crippen molar-refractivity contribution in [2.24, 2.45) is 0 Å². The van der Waals surface area contributed by atoms with Gasteiger partial charge in [0.25, 0.3) is 0 Å². The van der Waals surface area contributed by atoms with Crippen LogP contribution in [-0.2, 0) is 16.0 Å². The minimum absolute atomic E-state index is 0.0437. The van der Waals surface area contributed by atoms with E-state index < -0.39 is 6.04 Å². The number of methoxy groups -OCH3 is 2. The summed E-state index contributed by atoms with van der Waals surface area (Å²) >= 11 is 3.53. The van der Waals surface area contributed by atoms with Crippen LogP contribution in [0.25, 0.3) is 0 Å². The van der Waals surface area contributed by atoms with Crippen molar-refractivity contribution in [3.63, 3.8) is 0 Å². The molecule has 32 heavy (non-hydrogen) atoms. The van der Waals surface area contributed by atoms with Crippen LogP contribution in [0.1, 0.15) is 22.7 Å². The van der Waals surface area contributed by atoms with Crippen molar-refractivity contribution in [2.75, 3.05) is 26.1 Å². The van der Waals surface area contributed by atoms with E-state index in [2.05, 4.69) is 21.2 Å². The molecule has 1 heterocycles. The van der Waals surface area contributed by atoms with Gasteiger partial charge in [0.15, 0.2) is 11.5 Å². The monoisotopic (exact) mass is 494 g/mol. The van der Waals surface area contributed by atoms with Crippen molar-refractivity contribution in [1.29, 1.82) is 0 Å². The Bertz CT molecular complexity index is 1150. The molecule has 0 bridgehead atoms. The Hall–Kier alpha value is -3.32. The van der Waals surface area contributed by atoms with Gasteiger partial charge in [-0.2, -0.15) is 0 Å². The average Bonchev–Trinajstić information content (AvgIpc) is 2.95. The van der Waals surface area contributed by atoms with Crippen LogP contribution in [-0.4, -0.2) is 37.5 Å². The predicted molar refractivity (Wildman–Crippen MR) is 126 cm³/mol. The largest absolute Gasteiger partial charge is 0.493 e. The molecule has 0 fully saturated rings. The van der Waals surface area contributed by atoms with E-state index >= 15 is 0 Å². The number of nitrogens with zero attached hydrogens (tertiary/aromatic N) is 1. The fourth-order valence-corrected chi connectivity index (χ4v) is 4.35. The Morgan fingerprint density at radius 3 is 2.50 bits per heavy atom. The Morgan fingerprint density at radius 2 is 1.78 bits per heavy atom.